The molecule has 1 aliphatic heterocycles. The zero-order chi connectivity index (χ0) is 13.4. The molecule has 1 saturated heterocycles. The van der Waals surface area contributed by atoms with E-state index in [2.05, 4.69) is 33.9 Å². The van der Waals surface area contributed by atoms with Crippen LogP contribution in [0.15, 0.2) is 30.6 Å². The summed E-state index contributed by atoms with van der Waals surface area (Å²) >= 11 is 0. The Kier molecular flexibility index (Phi) is 3.07. The van der Waals surface area contributed by atoms with Gasteiger partial charge in [0.15, 0.2) is 0 Å². The van der Waals surface area contributed by atoms with Crippen LogP contribution < -0.4 is 0 Å². The molecule has 3 heteroatoms. The van der Waals surface area contributed by atoms with Gasteiger partial charge >= 0.3 is 0 Å². The Labute approximate surface area is 119 Å². The number of hydrogen-bond donors (Lipinski definition) is 0. The van der Waals surface area contributed by atoms with Gasteiger partial charge in [-0.3, -0.25) is 0 Å². The number of ether oxygens (including phenoxy) is 1. The van der Waals surface area contributed by atoms with Crippen molar-refractivity contribution in [1.82, 2.24) is 9.55 Å². The summed E-state index contributed by atoms with van der Waals surface area (Å²) in [6.45, 7) is 1.68. The Balaban J connectivity index is 1.80. The monoisotopic (exact) mass is 268 g/mol. The number of hydrogen-bond acceptors (Lipinski definition) is 2. The highest BCUT2D eigenvalue weighted by Crippen LogP contribution is 2.31. The maximum atomic E-state index is 5.53. The Bertz CT molecular complexity index is 611. The van der Waals surface area contributed by atoms with Crippen LogP contribution >= 0.6 is 0 Å². The van der Waals surface area contributed by atoms with E-state index in [1.54, 1.807) is 0 Å². The Morgan fingerprint density at radius 1 is 1.20 bits per heavy atom. The third kappa shape index (κ3) is 1.97. The van der Waals surface area contributed by atoms with E-state index >= 15 is 0 Å². The second kappa shape index (κ2) is 5.06. The number of imidazole rings is 1. The van der Waals surface area contributed by atoms with Crippen molar-refractivity contribution in [2.24, 2.45) is 0 Å². The van der Waals surface area contributed by atoms with Crippen molar-refractivity contribution in [3.63, 3.8) is 0 Å². The molecule has 0 bridgehead atoms. The lowest BCUT2D eigenvalue weighted by Crippen LogP contribution is -2.12. The van der Waals surface area contributed by atoms with Crippen LogP contribution in [-0.2, 0) is 17.6 Å². The predicted octanol–water partition coefficient (Wildman–Crippen LogP) is 3.26. The third-order valence-corrected chi connectivity index (χ3v) is 4.59. The first-order valence-electron chi connectivity index (χ1n) is 7.65. The second-order valence-electron chi connectivity index (χ2n) is 5.84. The van der Waals surface area contributed by atoms with E-state index in [4.69, 9.17) is 4.74 Å². The number of rotatable bonds is 2. The number of fused-ring (bicyclic) bond motifs is 1. The summed E-state index contributed by atoms with van der Waals surface area (Å²) in [5.41, 5.74) is 4.38. The lowest BCUT2D eigenvalue weighted by atomic mass is 9.90. The second-order valence-corrected chi connectivity index (χ2v) is 5.84. The van der Waals surface area contributed by atoms with E-state index in [0.29, 0.717) is 5.92 Å². The SMILES string of the molecule is c1cc2c(c(-n3ccnc3[C@H]3CCOC3)c1)CCCC2. The Hall–Kier alpha value is -1.61. The average molecular weight is 268 g/mol. The minimum atomic E-state index is 0.449. The minimum absolute atomic E-state index is 0.449. The van der Waals surface area contributed by atoms with E-state index in [1.165, 1.54) is 48.3 Å². The standard InChI is InChI=1S/C17H20N2O/c1-2-6-15-13(4-1)5-3-7-16(15)19-10-9-18-17(19)14-8-11-20-12-14/h3,5,7,9-10,14H,1-2,4,6,8,11-12H2/t14-/m0/s1. The van der Waals surface area contributed by atoms with Gasteiger partial charge in [-0.05, 0) is 49.3 Å². The fourth-order valence-electron chi connectivity index (χ4n) is 3.55. The van der Waals surface area contributed by atoms with Crippen LogP contribution in [0.2, 0.25) is 0 Å². The Morgan fingerprint density at radius 3 is 3.05 bits per heavy atom. The van der Waals surface area contributed by atoms with Crippen LogP contribution in [0, 0.1) is 0 Å². The van der Waals surface area contributed by atoms with Crippen LogP contribution in [0.3, 0.4) is 0 Å². The molecule has 2 heterocycles. The summed E-state index contributed by atoms with van der Waals surface area (Å²) in [7, 11) is 0. The zero-order valence-electron chi connectivity index (χ0n) is 11.7. The molecule has 1 fully saturated rings. The summed E-state index contributed by atoms with van der Waals surface area (Å²) in [5, 5.41) is 0. The zero-order valence-corrected chi connectivity index (χ0v) is 11.7. The molecule has 2 aliphatic rings. The molecule has 1 aromatic heterocycles. The van der Waals surface area contributed by atoms with E-state index in [-0.39, 0.29) is 0 Å². The molecular weight excluding hydrogens is 248 g/mol. The van der Waals surface area contributed by atoms with Crippen molar-refractivity contribution in [1.29, 1.82) is 0 Å². The average Bonchev–Trinajstić information content (AvgIpc) is 3.17. The highest BCUT2D eigenvalue weighted by atomic mass is 16.5. The van der Waals surface area contributed by atoms with Gasteiger partial charge in [0, 0.05) is 24.9 Å². The summed E-state index contributed by atoms with van der Waals surface area (Å²) in [4.78, 5) is 4.61. The van der Waals surface area contributed by atoms with Gasteiger partial charge in [-0.2, -0.15) is 0 Å². The van der Waals surface area contributed by atoms with Gasteiger partial charge in [-0.25, -0.2) is 4.98 Å². The van der Waals surface area contributed by atoms with Crippen LogP contribution in [-0.4, -0.2) is 22.8 Å². The molecule has 20 heavy (non-hydrogen) atoms. The maximum Gasteiger partial charge on any atom is 0.118 e. The molecule has 1 aliphatic carbocycles. The van der Waals surface area contributed by atoms with Gasteiger partial charge in [0.05, 0.1) is 12.3 Å². The molecule has 0 radical (unpaired) electrons. The number of benzene rings is 1. The van der Waals surface area contributed by atoms with Gasteiger partial charge in [0.25, 0.3) is 0 Å². The fraction of sp³-hybridized carbons (Fsp3) is 0.471. The van der Waals surface area contributed by atoms with Gasteiger partial charge < -0.3 is 9.30 Å². The molecular formula is C17H20N2O. The highest BCUT2D eigenvalue weighted by molar-refractivity contribution is 5.48. The topological polar surface area (TPSA) is 27.1 Å². The summed E-state index contributed by atoms with van der Waals surface area (Å²) < 4.78 is 7.83. The van der Waals surface area contributed by atoms with Gasteiger partial charge in [-0.1, -0.05) is 12.1 Å². The van der Waals surface area contributed by atoms with E-state index in [1.807, 2.05) is 6.20 Å². The third-order valence-electron chi connectivity index (χ3n) is 4.59. The summed E-state index contributed by atoms with van der Waals surface area (Å²) in [6.07, 6.45) is 10.2. The largest absolute Gasteiger partial charge is 0.381 e. The molecule has 104 valence electrons. The highest BCUT2D eigenvalue weighted by Gasteiger charge is 2.24. The first-order valence-corrected chi connectivity index (χ1v) is 7.65. The van der Waals surface area contributed by atoms with Gasteiger partial charge in [0.2, 0.25) is 0 Å². The summed E-state index contributed by atoms with van der Waals surface area (Å²) in [5.74, 6) is 1.62. The van der Waals surface area contributed by atoms with Gasteiger partial charge in [0.1, 0.15) is 5.82 Å². The lowest BCUT2D eigenvalue weighted by Gasteiger charge is -2.21. The van der Waals surface area contributed by atoms with Gasteiger partial charge in [-0.15, -0.1) is 0 Å². The van der Waals surface area contributed by atoms with E-state index in [0.717, 1.165) is 19.6 Å². The molecule has 0 unspecified atom stereocenters. The number of aromatic nitrogens is 2. The molecule has 4 rings (SSSR count). The van der Waals surface area contributed by atoms with E-state index < -0.39 is 0 Å². The van der Waals surface area contributed by atoms with Crippen LogP contribution in [0.4, 0.5) is 0 Å². The molecule has 0 spiro atoms. The van der Waals surface area contributed by atoms with Crippen LogP contribution in [0.1, 0.15) is 42.1 Å². The van der Waals surface area contributed by atoms with Crippen molar-refractivity contribution < 1.29 is 4.74 Å². The minimum Gasteiger partial charge on any atom is -0.381 e. The smallest absolute Gasteiger partial charge is 0.118 e. The van der Waals surface area contributed by atoms with Crippen molar-refractivity contribution >= 4 is 0 Å². The molecule has 3 nitrogen and oxygen atoms in total. The quantitative estimate of drug-likeness (QED) is 0.836. The summed E-state index contributed by atoms with van der Waals surface area (Å²) in [6, 6.07) is 6.72. The predicted molar refractivity (Wildman–Crippen MR) is 78.4 cm³/mol. The first kappa shape index (κ1) is 12.2. The van der Waals surface area contributed by atoms with Crippen molar-refractivity contribution in [2.75, 3.05) is 13.2 Å². The molecule has 0 saturated carbocycles. The number of nitrogens with zero attached hydrogens (tertiary/aromatic N) is 2. The molecule has 1 atom stereocenters. The Morgan fingerprint density at radius 2 is 2.15 bits per heavy atom. The molecule has 1 aromatic carbocycles. The van der Waals surface area contributed by atoms with Crippen LogP contribution in [0.25, 0.3) is 5.69 Å². The van der Waals surface area contributed by atoms with Crippen LogP contribution in [0.5, 0.6) is 0 Å². The number of aryl methyl sites for hydroxylation is 1. The first-order chi connectivity index (χ1) is 9.93. The lowest BCUT2D eigenvalue weighted by molar-refractivity contribution is 0.193. The van der Waals surface area contributed by atoms with Crippen molar-refractivity contribution in [3.05, 3.63) is 47.5 Å². The normalized spacial score (nSPS) is 21.9. The van der Waals surface area contributed by atoms with Crippen molar-refractivity contribution in [3.8, 4) is 5.69 Å². The molecule has 0 N–H and O–H groups in total. The van der Waals surface area contributed by atoms with E-state index in [9.17, 15) is 0 Å². The molecule has 0 amide bonds. The fourth-order valence-corrected chi connectivity index (χ4v) is 3.55. The maximum absolute atomic E-state index is 5.53. The molecule has 2 aromatic rings. The van der Waals surface area contributed by atoms with Crippen molar-refractivity contribution in [2.45, 2.75) is 38.0 Å².